The maximum atomic E-state index is 11.5. The van der Waals surface area contributed by atoms with Crippen LogP contribution in [0.2, 0.25) is 0 Å². The number of hydrogen-bond donors (Lipinski definition) is 2. The van der Waals surface area contributed by atoms with Gasteiger partial charge in [-0.1, -0.05) is 53.7 Å². The van der Waals surface area contributed by atoms with Crippen LogP contribution in [0.5, 0.6) is 5.75 Å². The van der Waals surface area contributed by atoms with E-state index in [1.165, 1.54) is 0 Å². The molecule has 0 aliphatic carbocycles. The Labute approximate surface area is 146 Å². The summed E-state index contributed by atoms with van der Waals surface area (Å²) in [6.07, 6.45) is -0.255. The van der Waals surface area contributed by atoms with Crippen LogP contribution in [0.4, 0.5) is 0 Å². The average molecular weight is 356 g/mol. The van der Waals surface area contributed by atoms with Crippen LogP contribution < -0.4 is 4.74 Å². The minimum absolute atomic E-state index is 0.203. The molecule has 0 radical (unpaired) electrons. The molecule has 0 atom stereocenters. The van der Waals surface area contributed by atoms with Gasteiger partial charge in [-0.25, -0.2) is 0 Å². The van der Waals surface area contributed by atoms with Crippen molar-refractivity contribution in [3.8, 4) is 5.75 Å². The molecule has 5 heteroatoms. The first-order chi connectivity index (χ1) is 10.4. The molecule has 0 bridgehead atoms. The molecule has 0 aromatic heterocycles. The Morgan fingerprint density at radius 2 is 1.25 bits per heavy atom. The third-order valence-corrected chi connectivity index (χ3v) is 4.34. The average Bonchev–Trinajstić information content (AvgIpc) is 2.23. The highest BCUT2D eigenvalue weighted by molar-refractivity contribution is 7.50. The second-order valence-electron chi connectivity index (χ2n) is 9.56. The number of hydrogen-bond acceptors (Lipinski definition) is 2. The summed E-state index contributed by atoms with van der Waals surface area (Å²) in [6.45, 7) is 18.6. The molecular formula is C19H33O4P. The second kappa shape index (κ2) is 6.48. The normalized spacial score (nSPS) is 14.0. The SMILES string of the molecule is CC(C)(C)Oc1c(C(C)(C)C)cc(CP(=O)(O)O)cc1C(C)(C)C. The van der Waals surface area contributed by atoms with Crippen molar-refractivity contribution in [1.82, 2.24) is 0 Å². The Bertz CT molecular complexity index is 602. The van der Waals surface area contributed by atoms with Crippen molar-refractivity contribution in [2.45, 2.75) is 84.9 Å². The van der Waals surface area contributed by atoms with Crippen molar-refractivity contribution >= 4 is 7.60 Å². The summed E-state index contributed by atoms with van der Waals surface area (Å²) in [5, 5.41) is 0. The largest absolute Gasteiger partial charge is 0.488 e. The van der Waals surface area contributed by atoms with Crippen LogP contribution in [0.1, 0.15) is 79.0 Å². The zero-order chi connectivity index (χ0) is 19.1. The summed E-state index contributed by atoms with van der Waals surface area (Å²) in [5.41, 5.74) is 1.85. The molecule has 1 aromatic carbocycles. The molecule has 0 fully saturated rings. The molecule has 0 unspecified atom stereocenters. The van der Waals surface area contributed by atoms with E-state index in [1.54, 1.807) is 0 Å². The smallest absolute Gasteiger partial charge is 0.329 e. The van der Waals surface area contributed by atoms with E-state index in [9.17, 15) is 14.4 Å². The van der Waals surface area contributed by atoms with Crippen LogP contribution in [0.25, 0.3) is 0 Å². The van der Waals surface area contributed by atoms with Crippen molar-refractivity contribution in [3.63, 3.8) is 0 Å². The lowest BCUT2D eigenvalue weighted by molar-refractivity contribution is 0.124. The van der Waals surface area contributed by atoms with Gasteiger partial charge in [0.15, 0.2) is 0 Å². The topological polar surface area (TPSA) is 66.8 Å². The van der Waals surface area contributed by atoms with E-state index in [-0.39, 0.29) is 22.6 Å². The van der Waals surface area contributed by atoms with Crippen LogP contribution in [-0.4, -0.2) is 15.4 Å². The molecule has 0 amide bonds. The first kappa shape index (κ1) is 21.2. The fraction of sp³-hybridized carbons (Fsp3) is 0.684. The quantitative estimate of drug-likeness (QED) is 0.736. The van der Waals surface area contributed by atoms with Crippen LogP contribution in [-0.2, 0) is 21.6 Å². The zero-order valence-electron chi connectivity index (χ0n) is 16.5. The molecule has 0 aliphatic rings. The van der Waals surface area contributed by atoms with Crippen LogP contribution in [0.15, 0.2) is 12.1 Å². The maximum Gasteiger partial charge on any atom is 0.329 e. The van der Waals surface area contributed by atoms with Crippen LogP contribution in [0.3, 0.4) is 0 Å². The molecule has 4 nitrogen and oxygen atoms in total. The van der Waals surface area contributed by atoms with E-state index in [1.807, 2.05) is 32.9 Å². The minimum Gasteiger partial charge on any atom is -0.488 e. The van der Waals surface area contributed by atoms with Crippen LogP contribution in [0, 0.1) is 0 Å². The van der Waals surface area contributed by atoms with Gasteiger partial charge in [0.05, 0.1) is 6.16 Å². The van der Waals surface area contributed by atoms with Gasteiger partial charge >= 0.3 is 7.60 Å². The third-order valence-electron chi connectivity index (χ3n) is 3.56. The second-order valence-corrected chi connectivity index (χ2v) is 11.2. The number of benzene rings is 1. The fourth-order valence-electron chi connectivity index (χ4n) is 2.55. The minimum atomic E-state index is -4.13. The molecule has 1 aromatic rings. The zero-order valence-corrected chi connectivity index (χ0v) is 17.4. The summed E-state index contributed by atoms with van der Waals surface area (Å²) in [7, 11) is -4.13. The lowest BCUT2D eigenvalue weighted by Gasteiger charge is -2.34. The highest BCUT2D eigenvalue weighted by atomic mass is 31.2. The summed E-state index contributed by atoms with van der Waals surface area (Å²) >= 11 is 0. The molecule has 0 aliphatic heterocycles. The monoisotopic (exact) mass is 356 g/mol. The summed E-state index contributed by atoms with van der Waals surface area (Å²) in [6, 6.07) is 3.77. The lowest BCUT2D eigenvalue weighted by Crippen LogP contribution is -2.28. The first-order valence-corrected chi connectivity index (χ1v) is 10.1. The highest BCUT2D eigenvalue weighted by Crippen LogP contribution is 2.45. The molecule has 2 N–H and O–H groups in total. The summed E-state index contributed by atoms with van der Waals surface area (Å²) in [4.78, 5) is 18.8. The first-order valence-electron chi connectivity index (χ1n) is 8.32. The van der Waals surface area contributed by atoms with Gasteiger partial charge in [0.1, 0.15) is 11.4 Å². The third kappa shape index (κ3) is 6.23. The van der Waals surface area contributed by atoms with Crippen molar-refractivity contribution in [2.24, 2.45) is 0 Å². The molecule has 0 saturated heterocycles. The fourth-order valence-corrected chi connectivity index (χ4v) is 3.21. The predicted molar refractivity (Wildman–Crippen MR) is 100.0 cm³/mol. The van der Waals surface area contributed by atoms with Gasteiger partial charge in [0.2, 0.25) is 0 Å². The number of rotatable bonds is 3. The van der Waals surface area contributed by atoms with Crippen LogP contribution >= 0.6 is 7.60 Å². The van der Waals surface area contributed by atoms with E-state index < -0.39 is 7.60 Å². The van der Waals surface area contributed by atoms with Gasteiger partial charge in [-0.05, 0) is 37.2 Å². The molecule has 24 heavy (non-hydrogen) atoms. The van der Waals surface area contributed by atoms with E-state index >= 15 is 0 Å². The predicted octanol–water partition coefficient (Wildman–Crippen LogP) is 5.14. The lowest BCUT2D eigenvalue weighted by atomic mass is 9.78. The van der Waals surface area contributed by atoms with Gasteiger partial charge in [-0.15, -0.1) is 0 Å². The van der Waals surface area contributed by atoms with E-state index in [2.05, 4.69) is 41.5 Å². The Hall–Kier alpha value is -0.830. The van der Waals surface area contributed by atoms with Gasteiger partial charge in [0, 0.05) is 11.1 Å². The van der Waals surface area contributed by atoms with Crippen molar-refractivity contribution < 1.29 is 19.1 Å². The van der Waals surface area contributed by atoms with Gasteiger partial charge < -0.3 is 14.5 Å². The maximum absolute atomic E-state index is 11.5. The van der Waals surface area contributed by atoms with Gasteiger partial charge in [-0.2, -0.15) is 0 Å². The van der Waals surface area contributed by atoms with E-state index in [0.29, 0.717) is 5.56 Å². The number of ether oxygens (including phenoxy) is 1. The van der Waals surface area contributed by atoms with E-state index in [4.69, 9.17) is 4.74 Å². The molecule has 0 spiro atoms. The molecule has 0 heterocycles. The molecule has 138 valence electrons. The Morgan fingerprint density at radius 3 is 1.50 bits per heavy atom. The standard InChI is InChI=1S/C19H33O4P/c1-17(2,3)14-10-13(12-24(20,21)22)11-15(18(4,5)6)16(14)23-19(7,8)9/h10-11H,12H2,1-9H3,(H2,20,21,22). The summed E-state index contributed by atoms with van der Waals surface area (Å²) in [5.74, 6) is 0.831. The Balaban J connectivity index is 3.73. The highest BCUT2D eigenvalue weighted by Gasteiger charge is 2.31. The van der Waals surface area contributed by atoms with Gasteiger partial charge in [-0.3, -0.25) is 4.57 Å². The summed E-state index contributed by atoms with van der Waals surface area (Å²) < 4.78 is 17.8. The van der Waals surface area contributed by atoms with Gasteiger partial charge in [0.25, 0.3) is 0 Å². The Kier molecular flexibility index (Phi) is 5.72. The van der Waals surface area contributed by atoms with Crippen molar-refractivity contribution in [1.29, 1.82) is 0 Å². The van der Waals surface area contributed by atoms with Crippen molar-refractivity contribution in [3.05, 3.63) is 28.8 Å². The molecule has 1 rings (SSSR count). The van der Waals surface area contributed by atoms with E-state index in [0.717, 1.165) is 16.9 Å². The Morgan fingerprint density at radius 1 is 0.875 bits per heavy atom. The molecule has 0 saturated carbocycles. The molecular weight excluding hydrogens is 323 g/mol. The van der Waals surface area contributed by atoms with Crippen molar-refractivity contribution in [2.75, 3.05) is 0 Å².